The van der Waals surface area contributed by atoms with Gasteiger partial charge < -0.3 is 14.1 Å². The SMILES string of the molecule is CC.CC(=O)N1CCN(c2ccc(CN3CCCCN(c4ccccc4)S3)c(F)c2)CC1. The lowest BCUT2D eigenvalue weighted by molar-refractivity contribution is -0.129. The number of rotatable bonds is 4. The standard InChI is InChI=1S/C23H29FN4OS.C2H6/c1-19(29)25-13-15-26(16-14-25)22-10-9-20(23(24)17-22)18-27-11-5-6-12-28(30-27)21-7-3-2-4-8-21;1-2/h2-4,7-10,17H,5-6,11-16,18H2,1H3;1-2H3. The second kappa shape index (κ2) is 12.1. The maximum absolute atomic E-state index is 14.9. The van der Waals surface area contributed by atoms with Gasteiger partial charge in [-0.25, -0.2) is 8.70 Å². The average Bonchev–Trinajstić information content (AvgIpc) is 3.08. The molecule has 4 rings (SSSR count). The molecule has 2 aromatic carbocycles. The molecule has 0 aliphatic carbocycles. The number of hydrogen-bond acceptors (Lipinski definition) is 5. The van der Waals surface area contributed by atoms with E-state index in [0.717, 1.165) is 50.3 Å². The molecule has 7 heteroatoms. The lowest BCUT2D eigenvalue weighted by Crippen LogP contribution is -2.48. The van der Waals surface area contributed by atoms with E-state index in [2.05, 4.69) is 37.8 Å². The lowest BCUT2D eigenvalue weighted by Gasteiger charge is -2.35. The molecule has 0 spiro atoms. The van der Waals surface area contributed by atoms with E-state index in [4.69, 9.17) is 0 Å². The van der Waals surface area contributed by atoms with Crippen molar-refractivity contribution in [1.82, 2.24) is 9.21 Å². The number of halogens is 1. The van der Waals surface area contributed by atoms with Crippen LogP contribution in [0.1, 0.15) is 39.2 Å². The number of para-hydroxylation sites is 1. The Hall–Kier alpha value is -2.25. The van der Waals surface area contributed by atoms with Crippen molar-refractivity contribution in [1.29, 1.82) is 0 Å². The van der Waals surface area contributed by atoms with E-state index in [1.165, 1.54) is 5.69 Å². The van der Waals surface area contributed by atoms with Gasteiger partial charge in [0.15, 0.2) is 0 Å². The van der Waals surface area contributed by atoms with Crippen molar-refractivity contribution in [2.45, 2.75) is 40.2 Å². The normalized spacial score (nSPS) is 17.4. The minimum Gasteiger partial charge on any atom is -0.368 e. The number of carbonyl (C=O) groups is 1. The zero-order chi connectivity index (χ0) is 22.9. The third-order valence-electron chi connectivity index (χ3n) is 5.75. The molecule has 0 atom stereocenters. The summed E-state index contributed by atoms with van der Waals surface area (Å²) in [5, 5.41) is 0. The van der Waals surface area contributed by atoms with Crippen LogP contribution in [0.3, 0.4) is 0 Å². The molecule has 2 heterocycles. The molecule has 5 nitrogen and oxygen atoms in total. The quantitative estimate of drug-likeness (QED) is 0.589. The summed E-state index contributed by atoms with van der Waals surface area (Å²) in [5.41, 5.74) is 2.81. The van der Waals surface area contributed by atoms with Crippen LogP contribution in [0.2, 0.25) is 0 Å². The molecule has 2 fully saturated rings. The van der Waals surface area contributed by atoms with Gasteiger partial charge in [0.1, 0.15) is 5.82 Å². The molecule has 32 heavy (non-hydrogen) atoms. The van der Waals surface area contributed by atoms with Gasteiger partial charge in [0, 0.05) is 81.8 Å². The lowest BCUT2D eigenvalue weighted by atomic mass is 10.1. The summed E-state index contributed by atoms with van der Waals surface area (Å²) in [7, 11) is 0. The van der Waals surface area contributed by atoms with Gasteiger partial charge in [-0.05, 0) is 37.1 Å². The highest BCUT2D eigenvalue weighted by Gasteiger charge is 2.21. The molecule has 0 bridgehead atoms. The average molecular weight is 459 g/mol. The number of anilines is 2. The predicted molar refractivity (Wildman–Crippen MR) is 133 cm³/mol. The first-order chi connectivity index (χ1) is 15.6. The summed E-state index contributed by atoms with van der Waals surface area (Å²) in [5.74, 6) is -0.0479. The van der Waals surface area contributed by atoms with Crippen molar-refractivity contribution in [2.24, 2.45) is 0 Å². The Labute approximate surface area is 196 Å². The van der Waals surface area contributed by atoms with E-state index in [9.17, 15) is 9.18 Å². The Kier molecular flexibility index (Phi) is 9.23. The van der Waals surface area contributed by atoms with Crippen LogP contribution < -0.4 is 9.21 Å². The third-order valence-corrected chi connectivity index (χ3v) is 6.88. The van der Waals surface area contributed by atoms with Crippen molar-refractivity contribution in [3.05, 3.63) is 59.9 Å². The number of carbonyl (C=O) groups excluding carboxylic acids is 1. The first-order valence-electron chi connectivity index (χ1n) is 11.6. The Morgan fingerprint density at radius 1 is 0.906 bits per heavy atom. The van der Waals surface area contributed by atoms with Gasteiger partial charge in [0.05, 0.1) is 0 Å². The largest absolute Gasteiger partial charge is 0.368 e. The van der Waals surface area contributed by atoms with Crippen LogP contribution in [0.4, 0.5) is 15.8 Å². The van der Waals surface area contributed by atoms with Crippen molar-refractivity contribution < 1.29 is 9.18 Å². The first-order valence-corrected chi connectivity index (χ1v) is 12.4. The molecule has 2 saturated heterocycles. The monoisotopic (exact) mass is 458 g/mol. The van der Waals surface area contributed by atoms with Crippen molar-refractivity contribution >= 4 is 29.4 Å². The van der Waals surface area contributed by atoms with Gasteiger partial charge in [-0.2, -0.15) is 0 Å². The molecule has 2 aliphatic heterocycles. The molecule has 0 unspecified atom stereocenters. The van der Waals surface area contributed by atoms with Crippen LogP contribution in [-0.2, 0) is 11.3 Å². The molecular formula is C25H35FN4OS. The highest BCUT2D eigenvalue weighted by atomic mass is 32.2. The molecule has 0 N–H and O–H groups in total. The van der Waals surface area contributed by atoms with Crippen LogP contribution in [0.15, 0.2) is 48.5 Å². The van der Waals surface area contributed by atoms with Crippen LogP contribution in [0, 0.1) is 5.82 Å². The summed E-state index contributed by atoms with van der Waals surface area (Å²) in [6.45, 7) is 11.0. The fraction of sp³-hybridized carbons (Fsp3) is 0.480. The second-order valence-electron chi connectivity index (χ2n) is 7.86. The highest BCUT2D eigenvalue weighted by Crippen LogP contribution is 2.30. The van der Waals surface area contributed by atoms with Crippen molar-refractivity contribution in [3.63, 3.8) is 0 Å². The number of hydrogen-bond donors (Lipinski definition) is 0. The van der Waals surface area contributed by atoms with E-state index in [-0.39, 0.29) is 11.7 Å². The van der Waals surface area contributed by atoms with Crippen molar-refractivity contribution in [2.75, 3.05) is 48.5 Å². The third kappa shape index (κ3) is 6.39. The fourth-order valence-corrected chi connectivity index (χ4v) is 5.09. The highest BCUT2D eigenvalue weighted by molar-refractivity contribution is 7.98. The van der Waals surface area contributed by atoms with E-state index >= 15 is 0 Å². The minimum absolute atomic E-state index is 0.107. The zero-order valence-corrected chi connectivity index (χ0v) is 20.3. The Morgan fingerprint density at radius 3 is 2.25 bits per heavy atom. The number of nitrogens with zero attached hydrogens (tertiary/aromatic N) is 4. The summed E-state index contributed by atoms with van der Waals surface area (Å²) < 4.78 is 19.5. The number of amides is 1. The van der Waals surface area contributed by atoms with Gasteiger partial charge in [0.25, 0.3) is 0 Å². The summed E-state index contributed by atoms with van der Waals surface area (Å²) >= 11 is 1.70. The summed E-state index contributed by atoms with van der Waals surface area (Å²) in [6, 6.07) is 16.0. The summed E-state index contributed by atoms with van der Waals surface area (Å²) in [6.07, 6.45) is 2.24. The molecule has 0 saturated carbocycles. The van der Waals surface area contributed by atoms with E-state index in [0.29, 0.717) is 19.6 Å². The molecule has 2 aromatic rings. The summed E-state index contributed by atoms with van der Waals surface area (Å²) in [4.78, 5) is 15.5. The van der Waals surface area contributed by atoms with Gasteiger partial charge >= 0.3 is 0 Å². The van der Waals surface area contributed by atoms with Gasteiger partial charge in [-0.1, -0.05) is 38.1 Å². The Balaban J connectivity index is 0.00000141. The Bertz CT molecular complexity index is 858. The topological polar surface area (TPSA) is 30.0 Å². The van der Waals surface area contributed by atoms with Gasteiger partial charge in [-0.15, -0.1) is 0 Å². The Morgan fingerprint density at radius 2 is 1.59 bits per heavy atom. The molecule has 2 aliphatic rings. The van der Waals surface area contributed by atoms with Crippen molar-refractivity contribution in [3.8, 4) is 0 Å². The van der Waals surface area contributed by atoms with Crippen LogP contribution >= 0.6 is 12.1 Å². The van der Waals surface area contributed by atoms with E-state index < -0.39 is 0 Å². The minimum atomic E-state index is -0.155. The molecule has 1 amide bonds. The van der Waals surface area contributed by atoms with Crippen LogP contribution in [0.5, 0.6) is 0 Å². The fourth-order valence-electron chi connectivity index (χ4n) is 3.97. The maximum Gasteiger partial charge on any atom is 0.219 e. The van der Waals surface area contributed by atoms with Crippen LogP contribution in [0.25, 0.3) is 0 Å². The predicted octanol–water partition coefficient (Wildman–Crippen LogP) is 5.19. The molecule has 0 radical (unpaired) electrons. The van der Waals surface area contributed by atoms with E-state index in [1.54, 1.807) is 25.1 Å². The molecular weight excluding hydrogens is 423 g/mol. The van der Waals surface area contributed by atoms with Gasteiger partial charge in [-0.3, -0.25) is 4.79 Å². The first kappa shape index (κ1) is 24.4. The van der Waals surface area contributed by atoms with E-state index in [1.807, 2.05) is 36.9 Å². The van der Waals surface area contributed by atoms with Gasteiger partial charge in [0.2, 0.25) is 5.91 Å². The molecule has 174 valence electrons. The zero-order valence-electron chi connectivity index (χ0n) is 19.5. The molecule has 0 aromatic heterocycles. The number of piperazine rings is 1. The van der Waals surface area contributed by atoms with Crippen LogP contribution in [-0.4, -0.2) is 54.4 Å². The number of benzene rings is 2. The smallest absolute Gasteiger partial charge is 0.219 e. The maximum atomic E-state index is 14.9. The second-order valence-corrected chi connectivity index (χ2v) is 8.98.